The average molecular weight is 255 g/mol. The first kappa shape index (κ1) is 16.2. The zero-order chi connectivity index (χ0) is 13.5. The number of alkyl halides is 3. The molecule has 0 rings (SSSR count). The van der Waals surface area contributed by atoms with Crippen molar-refractivity contribution in [3.8, 4) is 0 Å². The Morgan fingerprint density at radius 1 is 1.24 bits per heavy atom. The summed E-state index contributed by atoms with van der Waals surface area (Å²) in [5.41, 5.74) is 5.23. The van der Waals surface area contributed by atoms with Crippen molar-refractivity contribution in [1.29, 1.82) is 0 Å². The molecule has 0 saturated heterocycles. The van der Waals surface area contributed by atoms with Gasteiger partial charge in [-0.3, -0.25) is 9.69 Å². The van der Waals surface area contributed by atoms with E-state index < -0.39 is 12.7 Å². The van der Waals surface area contributed by atoms with Crippen LogP contribution in [0.25, 0.3) is 0 Å². The largest absolute Gasteiger partial charge is 0.401 e. The summed E-state index contributed by atoms with van der Waals surface area (Å²) in [6, 6.07) is 0. The molecule has 4 nitrogen and oxygen atoms in total. The Morgan fingerprint density at radius 3 is 2.12 bits per heavy atom. The summed E-state index contributed by atoms with van der Waals surface area (Å²) in [5, 5.41) is 0. The molecule has 2 N–H and O–H groups in total. The van der Waals surface area contributed by atoms with Crippen molar-refractivity contribution in [2.45, 2.75) is 20.0 Å². The lowest BCUT2D eigenvalue weighted by Crippen LogP contribution is -2.45. The highest BCUT2D eigenvalue weighted by atomic mass is 19.4. The SMILES string of the molecule is CCN(CC)C(=O)CN(CCN)CC(F)(F)F. The number of nitrogens with zero attached hydrogens (tertiary/aromatic N) is 2. The molecule has 0 radical (unpaired) electrons. The normalized spacial score (nSPS) is 11.9. The van der Waals surface area contributed by atoms with E-state index in [0.717, 1.165) is 4.90 Å². The minimum atomic E-state index is -4.31. The minimum absolute atomic E-state index is 0.0620. The summed E-state index contributed by atoms with van der Waals surface area (Å²) < 4.78 is 36.7. The Kier molecular flexibility index (Phi) is 7.13. The fourth-order valence-electron chi connectivity index (χ4n) is 1.52. The van der Waals surface area contributed by atoms with Crippen molar-refractivity contribution >= 4 is 5.91 Å². The van der Waals surface area contributed by atoms with Crippen LogP contribution in [0.1, 0.15) is 13.8 Å². The number of likely N-dealkylation sites (N-methyl/N-ethyl adjacent to an activating group) is 1. The van der Waals surface area contributed by atoms with Crippen molar-refractivity contribution in [2.24, 2.45) is 5.73 Å². The molecule has 0 aliphatic rings. The summed E-state index contributed by atoms with van der Waals surface area (Å²) in [7, 11) is 0. The van der Waals surface area contributed by atoms with Crippen LogP contribution in [-0.2, 0) is 4.79 Å². The number of rotatable bonds is 7. The van der Waals surface area contributed by atoms with Gasteiger partial charge in [0, 0.05) is 26.2 Å². The van der Waals surface area contributed by atoms with E-state index >= 15 is 0 Å². The second-order valence-corrected chi connectivity index (χ2v) is 3.68. The molecule has 17 heavy (non-hydrogen) atoms. The molecule has 0 fully saturated rings. The lowest BCUT2D eigenvalue weighted by Gasteiger charge is -2.26. The summed E-state index contributed by atoms with van der Waals surface area (Å²) >= 11 is 0. The van der Waals surface area contributed by atoms with E-state index in [1.807, 2.05) is 0 Å². The van der Waals surface area contributed by atoms with Gasteiger partial charge in [0.1, 0.15) is 0 Å². The van der Waals surface area contributed by atoms with Crippen molar-refractivity contribution < 1.29 is 18.0 Å². The van der Waals surface area contributed by atoms with Gasteiger partial charge in [-0.1, -0.05) is 0 Å². The first-order valence-electron chi connectivity index (χ1n) is 5.61. The molecule has 0 saturated carbocycles. The molecule has 0 atom stereocenters. The minimum Gasteiger partial charge on any atom is -0.342 e. The van der Waals surface area contributed by atoms with E-state index in [-0.39, 0.29) is 25.5 Å². The molecular weight excluding hydrogens is 235 g/mol. The van der Waals surface area contributed by atoms with Crippen LogP contribution < -0.4 is 5.73 Å². The molecule has 0 aromatic heterocycles. The number of carbonyl (C=O) groups is 1. The second kappa shape index (κ2) is 7.50. The average Bonchev–Trinajstić information content (AvgIpc) is 2.17. The van der Waals surface area contributed by atoms with Gasteiger partial charge in [0.15, 0.2) is 0 Å². The van der Waals surface area contributed by atoms with Crippen molar-refractivity contribution in [2.75, 3.05) is 39.3 Å². The number of hydrogen-bond acceptors (Lipinski definition) is 3. The highest BCUT2D eigenvalue weighted by molar-refractivity contribution is 5.78. The molecule has 0 aromatic rings. The third-order valence-electron chi connectivity index (χ3n) is 2.32. The number of halogens is 3. The van der Waals surface area contributed by atoms with Crippen molar-refractivity contribution in [1.82, 2.24) is 9.80 Å². The molecule has 0 aliphatic carbocycles. The predicted octanol–water partition coefficient (Wildman–Crippen LogP) is 0.678. The molecule has 0 aliphatic heterocycles. The third kappa shape index (κ3) is 7.17. The van der Waals surface area contributed by atoms with E-state index in [2.05, 4.69) is 0 Å². The van der Waals surface area contributed by atoms with Crippen LogP contribution in [0.5, 0.6) is 0 Å². The summed E-state index contributed by atoms with van der Waals surface area (Å²) in [4.78, 5) is 14.2. The molecule has 7 heteroatoms. The van der Waals surface area contributed by atoms with Crippen LogP contribution in [0, 0.1) is 0 Å². The monoisotopic (exact) mass is 255 g/mol. The van der Waals surface area contributed by atoms with Gasteiger partial charge in [-0.25, -0.2) is 0 Å². The molecule has 0 aromatic carbocycles. The van der Waals surface area contributed by atoms with Crippen LogP contribution in [0.15, 0.2) is 0 Å². The van der Waals surface area contributed by atoms with Gasteiger partial charge >= 0.3 is 6.18 Å². The Labute approximate surface area is 99.5 Å². The van der Waals surface area contributed by atoms with Crippen LogP contribution in [0.2, 0.25) is 0 Å². The summed E-state index contributed by atoms with van der Waals surface area (Å²) in [5.74, 6) is -0.298. The molecule has 102 valence electrons. The maximum absolute atomic E-state index is 12.2. The third-order valence-corrected chi connectivity index (χ3v) is 2.32. The van der Waals surface area contributed by atoms with Gasteiger partial charge in [0.05, 0.1) is 13.1 Å². The maximum atomic E-state index is 12.2. The zero-order valence-corrected chi connectivity index (χ0v) is 10.3. The van der Waals surface area contributed by atoms with E-state index in [1.165, 1.54) is 4.90 Å². The number of nitrogens with two attached hydrogens (primary N) is 1. The smallest absolute Gasteiger partial charge is 0.342 e. The number of amides is 1. The lowest BCUT2D eigenvalue weighted by atomic mass is 10.3. The Balaban J connectivity index is 4.38. The summed E-state index contributed by atoms with van der Waals surface area (Å²) in [6.07, 6.45) is -4.31. The molecule has 0 unspecified atom stereocenters. The second-order valence-electron chi connectivity index (χ2n) is 3.68. The quantitative estimate of drug-likeness (QED) is 0.727. The number of hydrogen-bond donors (Lipinski definition) is 1. The molecule has 1 amide bonds. The van der Waals surface area contributed by atoms with Gasteiger partial charge in [0.25, 0.3) is 0 Å². The first-order valence-corrected chi connectivity index (χ1v) is 5.61. The van der Waals surface area contributed by atoms with Gasteiger partial charge in [-0.15, -0.1) is 0 Å². The molecule has 0 bridgehead atoms. The topological polar surface area (TPSA) is 49.6 Å². The van der Waals surface area contributed by atoms with Crippen LogP contribution in [0.4, 0.5) is 13.2 Å². The molecule has 0 spiro atoms. The maximum Gasteiger partial charge on any atom is 0.401 e. The van der Waals surface area contributed by atoms with Crippen molar-refractivity contribution in [3.63, 3.8) is 0 Å². The zero-order valence-electron chi connectivity index (χ0n) is 10.3. The van der Waals surface area contributed by atoms with Gasteiger partial charge in [-0.05, 0) is 13.8 Å². The van der Waals surface area contributed by atoms with Gasteiger partial charge < -0.3 is 10.6 Å². The molecule has 0 heterocycles. The van der Waals surface area contributed by atoms with E-state index in [1.54, 1.807) is 13.8 Å². The van der Waals surface area contributed by atoms with E-state index in [0.29, 0.717) is 13.1 Å². The van der Waals surface area contributed by atoms with Crippen LogP contribution >= 0.6 is 0 Å². The highest BCUT2D eigenvalue weighted by Crippen LogP contribution is 2.16. The van der Waals surface area contributed by atoms with Gasteiger partial charge in [0.2, 0.25) is 5.91 Å². The Bertz CT molecular complexity index is 229. The van der Waals surface area contributed by atoms with E-state index in [4.69, 9.17) is 5.73 Å². The van der Waals surface area contributed by atoms with Gasteiger partial charge in [-0.2, -0.15) is 13.2 Å². The van der Waals surface area contributed by atoms with E-state index in [9.17, 15) is 18.0 Å². The number of carbonyl (C=O) groups excluding carboxylic acids is 1. The predicted molar refractivity (Wildman–Crippen MR) is 59.5 cm³/mol. The summed E-state index contributed by atoms with van der Waals surface area (Å²) in [6.45, 7) is 3.40. The Morgan fingerprint density at radius 2 is 1.76 bits per heavy atom. The van der Waals surface area contributed by atoms with Crippen molar-refractivity contribution in [3.05, 3.63) is 0 Å². The fourth-order valence-corrected chi connectivity index (χ4v) is 1.52. The Hall–Kier alpha value is -0.820. The first-order chi connectivity index (χ1) is 7.84. The standard InChI is InChI=1S/C10H20F3N3O/c1-3-16(4-2)9(17)7-15(6-5-14)8-10(11,12)13/h3-8,14H2,1-2H3. The lowest BCUT2D eigenvalue weighted by molar-refractivity contribution is -0.151. The molecular formula is C10H20F3N3O. The van der Waals surface area contributed by atoms with Crippen LogP contribution in [0.3, 0.4) is 0 Å². The fraction of sp³-hybridized carbons (Fsp3) is 0.900. The highest BCUT2D eigenvalue weighted by Gasteiger charge is 2.31. The van der Waals surface area contributed by atoms with Crippen LogP contribution in [-0.4, -0.2) is 61.2 Å².